The lowest BCUT2D eigenvalue weighted by molar-refractivity contribution is 0.0971. The Labute approximate surface area is 106 Å². The average molecular weight is 239 g/mol. The van der Waals surface area contributed by atoms with Crippen molar-refractivity contribution in [2.75, 3.05) is 0 Å². The van der Waals surface area contributed by atoms with Crippen LogP contribution in [-0.2, 0) is 13.0 Å². The Kier molecular flexibility index (Phi) is 3.54. The fourth-order valence-corrected chi connectivity index (χ4v) is 1.81. The molecule has 4 nitrogen and oxygen atoms in total. The van der Waals surface area contributed by atoms with E-state index in [9.17, 15) is 4.79 Å². The molecule has 2 aromatic rings. The van der Waals surface area contributed by atoms with Gasteiger partial charge < -0.3 is 4.57 Å². The molecule has 0 amide bonds. The molecule has 1 aromatic heterocycles. The van der Waals surface area contributed by atoms with E-state index in [-0.39, 0.29) is 12.3 Å². The van der Waals surface area contributed by atoms with E-state index in [0.29, 0.717) is 11.1 Å². The largest absolute Gasteiger partial charge is 0.327 e. The summed E-state index contributed by atoms with van der Waals surface area (Å²) in [7, 11) is 0. The Hall–Kier alpha value is -2.41. The molecule has 2 rings (SSSR count). The topological polar surface area (TPSA) is 58.7 Å². The fraction of sp³-hybridized carbons (Fsp3) is 0.214. The van der Waals surface area contributed by atoms with E-state index in [0.717, 1.165) is 12.2 Å². The SMILES string of the molecule is CCc1nccn1CC(=O)c1cccc(C#N)c1. The molecule has 0 atom stereocenters. The molecule has 1 aromatic carbocycles. The van der Waals surface area contributed by atoms with Crippen molar-refractivity contribution < 1.29 is 4.79 Å². The number of imidazole rings is 1. The molecule has 0 saturated heterocycles. The van der Waals surface area contributed by atoms with Gasteiger partial charge in [-0.3, -0.25) is 4.79 Å². The third kappa shape index (κ3) is 2.46. The summed E-state index contributed by atoms with van der Waals surface area (Å²) in [5.74, 6) is 0.875. The van der Waals surface area contributed by atoms with Crippen molar-refractivity contribution in [3.05, 3.63) is 53.6 Å². The van der Waals surface area contributed by atoms with Gasteiger partial charge in [0, 0.05) is 24.4 Å². The molecule has 0 N–H and O–H groups in total. The molecule has 0 radical (unpaired) electrons. The minimum atomic E-state index is -0.0141. The third-order valence-corrected chi connectivity index (χ3v) is 2.75. The van der Waals surface area contributed by atoms with Crippen LogP contribution < -0.4 is 0 Å². The van der Waals surface area contributed by atoms with Crippen LogP contribution in [0.15, 0.2) is 36.7 Å². The van der Waals surface area contributed by atoms with Crippen LogP contribution in [-0.4, -0.2) is 15.3 Å². The average Bonchev–Trinajstić information content (AvgIpc) is 2.86. The smallest absolute Gasteiger partial charge is 0.182 e. The van der Waals surface area contributed by atoms with Crippen molar-refractivity contribution >= 4 is 5.78 Å². The third-order valence-electron chi connectivity index (χ3n) is 2.75. The zero-order valence-corrected chi connectivity index (χ0v) is 10.1. The van der Waals surface area contributed by atoms with Crippen LogP contribution in [0.25, 0.3) is 0 Å². The van der Waals surface area contributed by atoms with Crippen LogP contribution in [0.3, 0.4) is 0 Å². The molecule has 0 saturated carbocycles. The normalized spacial score (nSPS) is 10.0. The summed E-state index contributed by atoms with van der Waals surface area (Å²) in [5.41, 5.74) is 1.06. The summed E-state index contributed by atoms with van der Waals surface area (Å²) < 4.78 is 1.83. The van der Waals surface area contributed by atoms with Gasteiger partial charge in [-0.2, -0.15) is 5.26 Å². The van der Waals surface area contributed by atoms with E-state index < -0.39 is 0 Å². The van der Waals surface area contributed by atoms with Gasteiger partial charge in [-0.15, -0.1) is 0 Å². The zero-order chi connectivity index (χ0) is 13.0. The second-order valence-corrected chi connectivity index (χ2v) is 3.94. The highest BCUT2D eigenvalue weighted by molar-refractivity contribution is 5.96. The van der Waals surface area contributed by atoms with Crippen molar-refractivity contribution in [1.29, 1.82) is 5.26 Å². The van der Waals surface area contributed by atoms with Gasteiger partial charge in [-0.25, -0.2) is 4.98 Å². The second kappa shape index (κ2) is 5.28. The minimum Gasteiger partial charge on any atom is -0.327 e. The first-order valence-corrected chi connectivity index (χ1v) is 5.78. The molecule has 0 bridgehead atoms. The molecule has 18 heavy (non-hydrogen) atoms. The zero-order valence-electron chi connectivity index (χ0n) is 10.1. The lowest BCUT2D eigenvalue weighted by atomic mass is 10.1. The van der Waals surface area contributed by atoms with Gasteiger partial charge in [-0.05, 0) is 12.1 Å². The first-order valence-electron chi connectivity index (χ1n) is 5.78. The number of nitrogens with zero attached hydrogens (tertiary/aromatic N) is 3. The van der Waals surface area contributed by atoms with Crippen molar-refractivity contribution in [3.8, 4) is 6.07 Å². The van der Waals surface area contributed by atoms with Gasteiger partial charge in [0.15, 0.2) is 5.78 Å². The number of aryl methyl sites for hydroxylation is 1. The number of nitriles is 1. The van der Waals surface area contributed by atoms with Gasteiger partial charge >= 0.3 is 0 Å². The Morgan fingerprint density at radius 3 is 3.06 bits per heavy atom. The Bertz CT molecular complexity index is 607. The van der Waals surface area contributed by atoms with Crippen LogP contribution in [0, 0.1) is 11.3 Å². The number of rotatable bonds is 4. The van der Waals surface area contributed by atoms with Crippen LogP contribution >= 0.6 is 0 Å². The summed E-state index contributed by atoms with van der Waals surface area (Å²) in [6.45, 7) is 2.26. The Balaban J connectivity index is 2.20. The van der Waals surface area contributed by atoms with Gasteiger partial charge in [0.1, 0.15) is 5.82 Å². The number of hydrogen-bond donors (Lipinski definition) is 0. The molecule has 0 spiro atoms. The summed E-state index contributed by atoms with van der Waals surface area (Å²) in [6.07, 6.45) is 4.28. The maximum Gasteiger partial charge on any atom is 0.182 e. The highest BCUT2D eigenvalue weighted by Crippen LogP contribution is 2.08. The van der Waals surface area contributed by atoms with Crippen LogP contribution in [0.4, 0.5) is 0 Å². The molecular formula is C14H13N3O. The fourth-order valence-electron chi connectivity index (χ4n) is 1.81. The van der Waals surface area contributed by atoms with E-state index >= 15 is 0 Å². The van der Waals surface area contributed by atoms with Gasteiger partial charge in [0.2, 0.25) is 0 Å². The molecule has 0 aliphatic heterocycles. The van der Waals surface area contributed by atoms with E-state index in [2.05, 4.69) is 4.98 Å². The van der Waals surface area contributed by atoms with Crippen molar-refractivity contribution in [2.24, 2.45) is 0 Å². The molecule has 0 aliphatic rings. The predicted octanol–water partition coefficient (Wildman–Crippen LogP) is 2.20. The second-order valence-electron chi connectivity index (χ2n) is 3.94. The Morgan fingerprint density at radius 2 is 2.33 bits per heavy atom. The van der Waals surface area contributed by atoms with E-state index in [1.807, 2.05) is 17.6 Å². The summed E-state index contributed by atoms with van der Waals surface area (Å²) in [5, 5.41) is 8.81. The number of hydrogen-bond acceptors (Lipinski definition) is 3. The minimum absolute atomic E-state index is 0.0141. The number of aromatic nitrogens is 2. The van der Waals surface area contributed by atoms with Gasteiger partial charge in [0.05, 0.1) is 18.2 Å². The van der Waals surface area contributed by atoms with E-state index in [4.69, 9.17) is 5.26 Å². The number of carbonyl (C=O) groups is 1. The first-order chi connectivity index (χ1) is 8.74. The monoisotopic (exact) mass is 239 g/mol. The van der Waals surface area contributed by atoms with Crippen molar-refractivity contribution in [2.45, 2.75) is 19.9 Å². The van der Waals surface area contributed by atoms with E-state index in [1.54, 1.807) is 36.7 Å². The summed E-state index contributed by atoms with van der Waals surface area (Å²) >= 11 is 0. The van der Waals surface area contributed by atoms with Crippen LogP contribution in [0.5, 0.6) is 0 Å². The quantitative estimate of drug-likeness (QED) is 0.768. The van der Waals surface area contributed by atoms with Crippen molar-refractivity contribution in [3.63, 3.8) is 0 Å². The van der Waals surface area contributed by atoms with Gasteiger partial charge in [-0.1, -0.05) is 19.1 Å². The number of ketones is 1. The van der Waals surface area contributed by atoms with Gasteiger partial charge in [0.25, 0.3) is 0 Å². The molecule has 0 aliphatic carbocycles. The van der Waals surface area contributed by atoms with Crippen LogP contribution in [0.2, 0.25) is 0 Å². The highest BCUT2D eigenvalue weighted by atomic mass is 16.1. The Morgan fingerprint density at radius 1 is 1.50 bits per heavy atom. The molecule has 0 unspecified atom stereocenters. The van der Waals surface area contributed by atoms with Crippen LogP contribution in [0.1, 0.15) is 28.7 Å². The van der Waals surface area contributed by atoms with E-state index in [1.165, 1.54) is 0 Å². The predicted molar refractivity (Wildman–Crippen MR) is 67.1 cm³/mol. The summed E-state index contributed by atoms with van der Waals surface area (Å²) in [4.78, 5) is 16.3. The van der Waals surface area contributed by atoms with Crippen molar-refractivity contribution in [1.82, 2.24) is 9.55 Å². The number of carbonyl (C=O) groups excluding carboxylic acids is 1. The molecule has 4 heteroatoms. The molecule has 90 valence electrons. The molecule has 1 heterocycles. The number of Topliss-reactive ketones (excluding diaryl/α,β-unsaturated/α-hetero) is 1. The highest BCUT2D eigenvalue weighted by Gasteiger charge is 2.09. The standard InChI is InChI=1S/C14H13N3O/c1-2-14-16-6-7-17(14)10-13(18)12-5-3-4-11(8-12)9-15/h3-8H,2,10H2,1H3. The molecule has 0 fully saturated rings. The first kappa shape index (κ1) is 12.1. The lowest BCUT2D eigenvalue weighted by Crippen LogP contribution is -2.12. The maximum absolute atomic E-state index is 12.1. The number of benzene rings is 1. The molecular weight excluding hydrogens is 226 g/mol. The maximum atomic E-state index is 12.1. The lowest BCUT2D eigenvalue weighted by Gasteiger charge is -2.05. The summed E-state index contributed by atoms with van der Waals surface area (Å²) in [6, 6.07) is 8.78.